The van der Waals surface area contributed by atoms with Gasteiger partial charge in [-0.3, -0.25) is 9.59 Å². The van der Waals surface area contributed by atoms with E-state index >= 15 is 0 Å². The smallest absolute Gasteiger partial charge is 0.236 e. The van der Waals surface area contributed by atoms with E-state index in [9.17, 15) is 9.59 Å². The predicted molar refractivity (Wildman–Crippen MR) is 98.3 cm³/mol. The fourth-order valence-corrected chi connectivity index (χ4v) is 3.92. The topological polar surface area (TPSA) is 52.7 Å². The highest BCUT2D eigenvalue weighted by atomic mass is 16.2. The lowest BCUT2D eigenvalue weighted by molar-refractivity contribution is -0.141. The fraction of sp³-hybridized carbons (Fsp3) is 0.600. The van der Waals surface area contributed by atoms with E-state index in [4.69, 9.17) is 0 Å². The highest BCUT2D eigenvalue weighted by Gasteiger charge is 2.33. The molecule has 0 bridgehead atoms. The van der Waals surface area contributed by atoms with E-state index < -0.39 is 0 Å². The Kier molecular flexibility index (Phi) is 5.42. The summed E-state index contributed by atoms with van der Waals surface area (Å²) in [7, 11) is 0. The molecule has 2 amide bonds. The van der Waals surface area contributed by atoms with Gasteiger partial charge in [-0.2, -0.15) is 0 Å². The van der Waals surface area contributed by atoms with Crippen molar-refractivity contribution >= 4 is 11.8 Å². The van der Waals surface area contributed by atoms with Crippen LogP contribution < -0.4 is 5.32 Å². The predicted octanol–water partition coefficient (Wildman–Crippen LogP) is 1.78. The summed E-state index contributed by atoms with van der Waals surface area (Å²) in [6.45, 7) is 7.75. The number of nitrogens with zero attached hydrogens (tertiary/aromatic N) is 2. The lowest BCUT2D eigenvalue weighted by atomic mass is 9.81. The molecule has 1 atom stereocenters. The number of piperazine rings is 1. The number of carbonyl (C=O) groups excluding carboxylic acids is 2. The number of carbonyl (C=O) groups is 2. The van der Waals surface area contributed by atoms with Crippen molar-refractivity contribution in [2.45, 2.75) is 44.6 Å². The molecule has 0 aromatic heterocycles. The molecule has 5 nitrogen and oxygen atoms in total. The molecule has 1 N–H and O–H groups in total. The zero-order valence-electron chi connectivity index (χ0n) is 15.3. The van der Waals surface area contributed by atoms with Gasteiger partial charge in [-0.15, -0.1) is 0 Å². The summed E-state index contributed by atoms with van der Waals surface area (Å²) in [6, 6.07) is 10.4. The van der Waals surface area contributed by atoms with E-state index in [-0.39, 0.29) is 23.3 Å². The van der Waals surface area contributed by atoms with E-state index in [1.54, 1.807) is 0 Å². The molecular formula is C20H29N3O2. The zero-order chi connectivity index (χ0) is 17.9. The van der Waals surface area contributed by atoms with Crippen molar-refractivity contribution < 1.29 is 9.59 Å². The number of benzene rings is 1. The van der Waals surface area contributed by atoms with Crippen molar-refractivity contribution in [1.29, 1.82) is 0 Å². The lowest BCUT2D eigenvalue weighted by Gasteiger charge is -2.41. The number of rotatable bonds is 4. The summed E-state index contributed by atoms with van der Waals surface area (Å²) in [4.78, 5) is 29.0. The Bertz CT molecular complexity index is 615. The molecule has 1 aromatic rings. The molecular weight excluding hydrogens is 314 g/mol. The van der Waals surface area contributed by atoms with Gasteiger partial charge in [0.1, 0.15) is 0 Å². The summed E-state index contributed by atoms with van der Waals surface area (Å²) < 4.78 is 0. The van der Waals surface area contributed by atoms with Gasteiger partial charge in [0, 0.05) is 38.6 Å². The third kappa shape index (κ3) is 4.21. The highest BCUT2D eigenvalue weighted by molar-refractivity contribution is 5.80. The average molecular weight is 343 g/mol. The number of hydrogen-bond acceptors (Lipinski definition) is 3. The van der Waals surface area contributed by atoms with Gasteiger partial charge in [-0.05, 0) is 23.8 Å². The van der Waals surface area contributed by atoms with E-state index in [0.29, 0.717) is 19.5 Å². The second-order valence-electron chi connectivity index (χ2n) is 7.83. The second-order valence-corrected chi connectivity index (χ2v) is 7.83. The Morgan fingerprint density at radius 1 is 1.24 bits per heavy atom. The number of amides is 2. The van der Waals surface area contributed by atoms with Crippen molar-refractivity contribution in [2.24, 2.45) is 0 Å². The summed E-state index contributed by atoms with van der Waals surface area (Å²) in [5.41, 5.74) is 1.00. The van der Waals surface area contributed by atoms with E-state index in [0.717, 1.165) is 32.5 Å². The minimum Gasteiger partial charge on any atom is -0.341 e. The van der Waals surface area contributed by atoms with Crippen LogP contribution in [-0.2, 0) is 15.0 Å². The van der Waals surface area contributed by atoms with Crippen LogP contribution in [0.4, 0.5) is 0 Å². The number of hydrogen-bond donors (Lipinski definition) is 1. The van der Waals surface area contributed by atoms with Crippen LogP contribution in [0.1, 0.15) is 38.7 Å². The van der Waals surface area contributed by atoms with Gasteiger partial charge in [-0.1, -0.05) is 44.2 Å². The molecule has 0 radical (unpaired) electrons. The number of piperidine rings is 1. The maximum atomic E-state index is 12.9. The van der Waals surface area contributed by atoms with Crippen molar-refractivity contribution in [3.8, 4) is 0 Å². The van der Waals surface area contributed by atoms with Crippen LogP contribution in [0.3, 0.4) is 0 Å². The van der Waals surface area contributed by atoms with Gasteiger partial charge in [0.25, 0.3) is 0 Å². The summed E-state index contributed by atoms with van der Waals surface area (Å²) in [5, 5.41) is 3.12. The van der Waals surface area contributed by atoms with Gasteiger partial charge in [-0.25, -0.2) is 0 Å². The van der Waals surface area contributed by atoms with Crippen LogP contribution in [0, 0.1) is 0 Å². The lowest BCUT2D eigenvalue weighted by Crippen LogP contribution is -2.57. The molecule has 0 saturated carbocycles. The molecule has 3 rings (SSSR count). The van der Waals surface area contributed by atoms with Crippen molar-refractivity contribution in [1.82, 2.24) is 15.1 Å². The monoisotopic (exact) mass is 343 g/mol. The Hall–Kier alpha value is -1.88. The average Bonchev–Trinajstić information content (AvgIpc) is 2.62. The van der Waals surface area contributed by atoms with Gasteiger partial charge in [0.15, 0.2) is 0 Å². The van der Waals surface area contributed by atoms with Crippen LogP contribution in [-0.4, -0.2) is 60.4 Å². The molecule has 25 heavy (non-hydrogen) atoms. The van der Waals surface area contributed by atoms with Gasteiger partial charge < -0.3 is 15.1 Å². The maximum absolute atomic E-state index is 12.9. The molecule has 136 valence electrons. The van der Waals surface area contributed by atoms with Gasteiger partial charge in [0.2, 0.25) is 11.8 Å². The Balaban J connectivity index is 1.63. The van der Waals surface area contributed by atoms with Crippen LogP contribution >= 0.6 is 0 Å². The first-order chi connectivity index (χ1) is 12.0. The first-order valence-corrected chi connectivity index (χ1v) is 9.31. The van der Waals surface area contributed by atoms with Crippen LogP contribution in [0.25, 0.3) is 0 Å². The molecule has 1 unspecified atom stereocenters. The molecule has 0 spiro atoms. The van der Waals surface area contributed by atoms with Crippen molar-refractivity contribution in [3.63, 3.8) is 0 Å². The summed E-state index contributed by atoms with van der Waals surface area (Å²) in [6.07, 6.45) is 2.47. The van der Waals surface area contributed by atoms with E-state index in [2.05, 4.69) is 31.3 Å². The molecule has 1 aromatic carbocycles. The SMILES string of the molecule is CC(C)(CC(=O)N1CCCC(N2CCNCC2=O)C1)c1ccccc1. The molecule has 5 heteroatoms. The van der Waals surface area contributed by atoms with Gasteiger partial charge >= 0.3 is 0 Å². The minimum absolute atomic E-state index is 0.162. The third-order valence-corrected chi connectivity index (χ3v) is 5.46. The van der Waals surface area contributed by atoms with E-state index in [1.807, 2.05) is 28.0 Å². The van der Waals surface area contributed by atoms with E-state index in [1.165, 1.54) is 5.56 Å². The van der Waals surface area contributed by atoms with Crippen molar-refractivity contribution in [3.05, 3.63) is 35.9 Å². The molecule has 2 saturated heterocycles. The Labute approximate surface area is 150 Å². The highest BCUT2D eigenvalue weighted by Crippen LogP contribution is 2.28. The molecule has 2 aliphatic rings. The third-order valence-electron chi connectivity index (χ3n) is 5.46. The fourth-order valence-electron chi connectivity index (χ4n) is 3.92. The van der Waals surface area contributed by atoms with Crippen LogP contribution in [0.5, 0.6) is 0 Å². The van der Waals surface area contributed by atoms with Crippen LogP contribution in [0.15, 0.2) is 30.3 Å². The van der Waals surface area contributed by atoms with Crippen molar-refractivity contribution in [2.75, 3.05) is 32.7 Å². The number of nitrogens with one attached hydrogen (secondary N) is 1. The van der Waals surface area contributed by atoms with Gasteiger partial charge in [0.05, 0.1) is 6.54 Å². The minimum atomic E-state index is -0.184. The summed E-state index contributed by atoms with van der Waals surface area (Å²) >= 11 is 0. The van der Waals surface area contributed by atoms with Crippen LogP contribution in [0.2, 0.25) is 0 Å². The number of likely N-dealkylation sites (tertiary alicyclic amines) is 1. The first-order valence-electron chi connectivity index (χ1n) is 9.31. The molecule has 2 heterocycles. The quantitative estimate of drug-likeness (QED) is 0.907. The Morgan fingerprint density at radius 3 is 2.72 bits per heavy atom. The zero-order valence-corrected chi connectivity index (χ0v) is 15.3. The largest absolute Gasteiger partial charge is 0.341 e. The molecule has 2 fully saturated rings. The maximum Gasteiger partial charge on any atom is 0.236 e. The Morgan fingerprint density at radius 2 is 2.00 bits per heavy atom. The molecule has 0 aliphatic carbocycles. The summed E-state index contributed by atoms with van der Waals surface area (Å²) in [5.74, 6) is 0.358. The standard InChI is InChI=1S/C20H29N3O2/c1-20(2,16-7-4-3-5-8-16)13-18(24)22-11-6-9-17(15-22)23-12-10-21-14-19(23)25/h3-5,7-8,17,21H,6,9-15H2,1-2H3. The molecule has 2 aliphatic heterocycles. The normalized spacial score (nSPS) is 22.2. The first kappa shape index (κ1) is 17.9. The second kappa shape index (κ2) is 7.56.